The Hall–Kier alpha value is -6.12. The molecular weight excluding hydrogens is 1740 g/mol. The number of anilines is 5. The molecule has 37 nitrogen and oxygen atoms in total. The number of fused-ring (bicyclic) bond motifs is 8. The molecule has 4 bridgehead atoms. The van der Waals surface area contributed by atoms with Crippen molar-refractivity contribution in [3.05, 3.63) is 131 Å². The number of nitrogens with one attached hydrogen (secondary N) is 2. The van der Waals surface area contributed by atoms with E-state index in [1.165, 1.54) is 17.2 Å². The molecule has 7 fully saturated rings. The Bertz CT molecular complexity index is 5060. The molecule has 16 heterocycles. The monoisotopic (exact) mass is 1850 g/mol. The maximum Gasteiger partial charge on any atom is 0.527 e. The summed E-state index contributed by atoms with van der Waals surface area (Å²) >= 11 is 0. The molecule has 7 saturated heterocycles. The first kappa shape index (κ1) is 93.7. The van der Waals surface area contributed by atoms with E-state index in [0.717, 1.165) is 96.4 Å². The maximum absolute atomic E-state index is 12.0. The number of aromatic nitrogens is 18. The van der Waals surface area contributed by atoms with Gasteiger partial charge in [-0.3, -0.25) is 57.4 Å². The van der Waals surface area contributed by atoms with Gasteiger partial charge >= 0.3 is 13.5 Å². The minimum absolute atomic E-state index is 0. The number of phosphoric acid groups is 1. The number of aromatic amines is 2. The van der Waals surface area contributed by atoms with Crippen LogP contribution in [-0.2, 0) is 140 Å². The van der Waals surface area contributed by atoms with Crippen LogP contribution in [0.5, 0.6) is 5.75 Å². The van der Waals surface area contributed by atoms with Crippen LogP contribution in [0.2, 0.25) is 0 Å². The molecular formula is C75H105N23O14PY3-3. The van der Waals surface area contributed by atoms with E-state index in [9.17, 15) is 18.9 Å². The van der Waals surface area contributed by atoms with Gasteiger partial charge in [-0.05, 0) is 63.1 Å². The molecule has 0 spiro atoms. The Kier molecular flexibility index (Phi) is 33.5. The summed E-state index contributed by atoms with van der Waals surface area (Å²) in [5.74, 6) is 3.50. The Morgan fingerprint density at radius 3 is 1.29 bits per heavy atom. The van der Waals surface area contributed by atoms with Crippen molar-refractivity contribution in [3.8, 4) is 5.75 Å². The van der Waals surface area contributed by atoms with Crippen LogP contribution in [0.4, 0.5) is 29.4 Å². The van der Waals surface area contributed by atoms with E-state index in [1.807, 2.05) is 9.13 Å². The molecule has 7 aliphatic rings. The minimum Gasteiger partial charge on any atom is -0.404 e. The topological polar surface area (TPSA) is 500 Å². The predicted molar refractivity (Wildman–Crippen MR) is 421 cm³/mol. The summed E-state index contributed by atoms with van der Waals surface area (Å²) in [5.41, 5.74) is 31.2. The smallest absolute Gasteiger partial charge is 0.404 e. The van der Waals surface area contributed by atoms with Gasteiger partial charge in [0.2, 0.25) is 11.9 Å². The molecule has 17 rings (SSSR count). The minimum atomic E-state index is -3.90. The standard InChI is InChI=1S/C15H21N5O3.C15H21N5O2.C13H18N5O2.C13H18N5O.C12H18N3O2.C7H9O4P.3Y/c1-3-8-10-13(23-15(8,4-2)5-6-22-10)20-7-17-9-11(20)18-14(16)19-12(9)21;1-3-9-11-14(22-15(9,4-2)5-6-21-11)20-8-19-10-12(16)17-7-18-13(10)20;1-3-7-5-9(20-8(7)4-2)18-6-15-10-11(18)16-13(14)17-12(10)19;1-3-8-5-10(19-9(8)4-2)18-7-17-11-12(14)15-6-16-13(11)18;1-3-8-7-11(17-9(8)4-2)15-6-5-10(13)14-12(15)16;1-10-12(8,9)11-7-5-3-2-4-6-7;;;/h7-8,10,13H,3-6H2,1-2H3,(H3,16,18,19,21);7-9,11,14H,3-6H2,1-2H3,(H2,16,17,18);5-9H,3-4H2,1-2H3,(H3,14,16,17,19);5-10H,3-4H2,1-2H3,(H2,14,15,16);5-9,11H,3-4H2,1-2H3,(H2,13,14,16);2-6H,1H3,(H,8,9);;;/q;;3*-1;;;;/t8?,10-,13+,15-;9?,11-,14+,15-;7?,8-,9-;8?,9-,10-;8?,9-,11-;;;;/m00111..../s1. The van der Waals surface area contributed by atoms with Gasteiger partial charge in [0.25, 0.3) is 11.1 Å². The van der Waals surface area contributed by atoms with Crippen LogP contribution in [0, 0.1) is 48.9 Å². The van der Waals surface area contributed by atoms with Gasteiger partial charge in [0.05, 0.1) is 36.5 Å². The zero-order valence-corrected chi connectivity index (χ0v) is 76.7. The number of phosphoric ester groups is 1. The SMILES string of the molecule is CCC1[C@@H]2OCC[C@]1(CC)O[C@H]2n1cnc2c(=O)[nH]c(N)nc21.CCC1[C@@H]2OCC[C@]1(CC)O[C@H]2n1cnc2c(N)ncnc21.CCC1[CH-][C@H](n2ccc(N)nc2=O)O[C@@H]1CC.CCC1[CH-][C@H](n2cnc3c(=O)[nH]c(N)nc32)O[C@@H]1CC.CCC1[CH-][C@H](n2cnc3c(N)ncnc32)O[C@@H]1CC.COP(=O)(O)Oc1ccccc1.[Y].[Y].[Y]. The first-order valence-corrected chi connectivity index (χ1v) is 40.3. The summed E-state index contributed by atoms with van der Waals surface area (Å²) in [6.07, 6.45) is 28.9. The first-order chi connectivity index (χ1) is 54.5. The fourth-order valence-corrected chi connectivity index (χ4v) is 17.0. The van der Waals surface area contributed by atoms with E-state index >= 15 is 0 Å². The number of para-hydroxylation sites is 1. The Balaban J connectivity index is 0.000000160. The number of hydrogen-bond acceptors (Lipinski definition) is 29. The Morgan fingerprint density at radius 1 is 0.509 bits per heavy atom. The zero-order valence-electron chi connectivity index (χ0n) is 67.3. The van der Waals surface area contributed by atoms with Crippen molar-refractivity contribution in [2.45, 2.75) is 219 Å². The van der Waals surface area contributed by atoms with Crippen molar-refractivity contribution < 1.29 is 150 Å². The van der Waals surface area contributed by atoms with Crippen molar-refractivity contribution in [1.82, 2.24) is 87.6 Å². The summed E-state index contributed by atoms with van der Waals surface area (Å²) in [6.45, 7) is 22.9. The number of hydrogen-bond donors (Lipinski definition) is 8. The molecule has 9 aromatic heterocycles. The molecule has 116 heavy (non-hydrogen) atoms. The molecule has 621 valence electrons. The third kappa shape index (κ3) is 19.9. The third-order valence-corrected chi connectivity index (χ3v) is 23.4. The molecule has 13 N–H and O–H groups in total. The van der Waals surface area contributed by atoms with E-state index < -0.39 is 7.82 Å². The number of benzene rings is 1. The summed E-state index contributed by atoms with van der Waals surface area (Å²) in [6, 6.07) is 9.93. The van der Waals surface area contributed by atoms with Crippen molar-refractivity contribution in [2.75, 3.05) is 49.0 Å². The zero-order chi connectivity index (χ0) is 80.6. The number of nitrogens with zero attached hydrogens (tertiary/aromatic N) is 16. The molecule has 0 saturated carbocycles. The fourth-order valence-electron chi connectivity index (χ4n) is 16.6. The number of nitrogen functional groups attached to an aromatic ring is 5. The number of nitrogens with two attached hydrogens (primary N) is 5. The van der Waals surface area contributed by atoms with Gasteiger partial charge in [0.1, 0.15) is 47.5 Å². The first-order valence-electron chi connectivity index (χ1n) is 38.8. The van der Waals surface area contributed by atoms with E-state index in [4.69, 9.17) is 66.7 Å². The second-order valence-electron chi connectivity index (χ2n) is 28.6. The fraction of sp³-hybridized carbons (Fsp3) is 0.560. The molecule has 1 aromatic carbocycles. The average Bonchev–Trinajstić information content (AvgIpc) is 1.58. The van der Waals surface area contributed by atoms with Crippen molar-refractivity contribution in [3.63, 3.8) is 0 Å². The average molecular weight is 1850 g/mol. The van der Waals surface area contributed by atoms with Gasteiger partial charge < -0.3 is 80.1 Å². The van der Waals surface area contributed by atoms with Crippen LogP contribution in [0.1, 0.15) is 177 Å². The van der Waals surface area contributed by atoms with Crippen LogP contribution in [0.25, 0.3) is 44.7 Å². The van der Waals surface area contributed by atoms with Gasteiger partial charge in [-0.25, -0.2) is 49.2 Å². The molecule has 6 unspecified atom stereocenters. The molecule has 3 radical (unpaired) electrons. The number of ether oxygens (including phenoxy) is 7. The molecule has 0 amide bonds. The maximum atomic E-state index is 12.0. The van der Waals surface area contributed by atoms with Crippen molar-refractivity contribution in [2.24, 2.45) is 29.6 Å². The number of rotatable bonds is 18. The van der Waals surface area contributed by atoms with Crippen LogP contribution in [-0.4, -0.2) is 155 Å². The quantitative estimate of drug-likeness (QED) is 0.0293. The third-order valence-electron chi connectivity index (χ3n) is 22.5. The van der Waals surface area contributed by atoms with Crippen LogP contribution < -0.4 is 50.0 Å². The van der Waals surface area contributed by atoms with Gasteiger partial charge in [-0.15, -0.1) is 17.8 Å². The Morgan fingerprint density at radius 2 is 0.905 bits per heavy atom. The van der Waals surface area contributed by atoms with Gasteiger partial charge in [0.15, 0.2) is 57.7 Å². The van der Waals surface area contributed by atoms with Crippen molar-refractivity contribution >= 4 is 81.8 Å². The predicted octanol–water partition coefficient (Wildman–Crippen LogP) is 9.45. The second-order valence-corrected chi connectivity index (χ2v) is 30.1. The van der Waals surface area contributed by atoms with Gasteiger partial charge in [-0.2, -0.15) is 15.0 Å². The van der Waals surface area contributed by atoms with Gasteiger partial charge in [0, 0.05) is 186 Å². The Labute approximate surface area is 747 Å². The number of imidazole rings is 4. The molecule has 18 atom stereocenters. The van der Waals surface area contributed by atoms with E-state index in [0.29, 0.717) is 81.6 Å². The summed E-state index contributed by atoms with van der Waals surface area (Å²) in [4.78, 5) is 94.8. The summed E-state index contributed by atoms with van der Waals surface area (Å²) in [5, 5.41) is 0. The van der Waals surface area contributed by atoms with Crippen LogP contribution in [0.3, 0.4) is 0 Å². The molecule has 10 aromatic rings. The number of H-pyrrole nitrogens is 2. The second kappa shape index (κ2) is 41.4. The van der Waals surface area contributed by atoms with E-state index in [1.54, 1.807) is 77.0 Å². The van der Waals surface area contributed by atoms with Gasteiger partial charge in [-0.1, -0.05) is 107 Å². The largest absolute Gasteiger partial charge is 0.527 e. The van der Waals surface area contributed by atoms with Crippen LogP contribution >= 0.6 is 7.82 Å². The summed E-state index contributed by atoms with van der Waals surface area (Å²) in [7, 11) is -2.78. The molecule has 0 aliphatic carbocycles. The van der Waals surface area contributed by atoms with Crippen LogP contribution in [0.15, 0.2) is 94.9 Å². The normalized spacial score (nSPS) is 27.9. The molecule has 7 aliphatic heterocycles. The van der Waals surface area contributed by atoms with Crippen molar-refractivity contribution in [1.29, 1.82) is 0 Å². The summed E-state index contributed by atoms with van der Waals surface area (Å²) < 4.78 is 71.6. The molecule has 41 heteroatoms. The van der Waals surface area contributed by atoms with E-state index in [2.05, 4.69) is 162 Å². The van der Waals surface area contributed by atoms with E-state index in [-0.39, 0.29) is 217 Å².